The van der Waals surface area contributed by atoms with Crippen molar-refractivity contribution in [1.82, 2.24) is 4.57 Å². The number of fused-ring (bicyclic) bond motifs is 3. The van der Waals surface area contributed by atoms with Gasteiger partial charge in [-0.25, -0.2) is 0 Å². The second-order valence-electron chi connectivity index (χ2n) is 5.43. The Labute approximate surface area is 120 Å². The van der Waals surface area contributed by atoms with Crippen LogP contribution in [0.2, 0.25) is 0 Å². The first-order chi connectivity index (χ1) is 9.76. The highest BCUT2D eigenvalue weighted by Gasteiger charge is 2.11. The fraction of sp³-hybridized carbons (Fsp3) is 0.333. The zero-order valence-electron chi connectivity index (χ0n) is 12.3. The minimum atomic E-state index is 0.146. The SMILES string of the molecule is CCC[C@@H](N)c1ccc2c(c1)c1ccccc1n2CC. The number of hydrogen-bond donors (Lipinski definition) is 1. The molecule has 1 aromatic heterocycles. The predicted molar refractivity (Wildman–Crippen MR) is 87.0 cm³/mol. The molecule has 0 aliphatic rings. The van der Waals surface area contributed by atoms with Crippen molar-refractivity contribution in [2.45, 2.75) is 39.3 Å². The average molecular weight is 266 g/mol. The van der Waals surface area contributed by atoms with Gasteiger partial charge in [-0.1, -0.05) is 37.6 Å². The Balaban J connectivity index is 2.26. The summed E-state index contributed by atoms with van der Waals surface area (Å²) >= 11 is 0. The number of benzene rings is 2. The molecule has 2 N–H and O–H groups in total. The maximum atomic E-state index is 6.27. The largest absolute Gasteiger partial charge is 0.341 e. The van der Waals surface area contributed by atoms with Gasteiger partial charge in [0.05, 0.1) is 0 Å². The van der Waals surface area contributed by atoms with Gasteiger partial charge in [-0.15, -0.1) is 0 Å². The van der Waals surface area contributed by atoms with Crippen LogP contribution in [0.5, 0.6) is 0 Å². The molecule has 0 saturated carbocycles. The van der Waals surface area contributed by atoms with E-state index in [0.29, 0.717) is 0 Å². The average Bonchev–Trinajstić information content (AvgIpc) is 2.80. The van der Waals surface area contributed by atoms with Crippen LogP contribution < -0.4 is 5.73 Å². The van der Waals surface area contributed by atoms with Crippen LogP contribution in [-0.2, 0) is 6.54 Å². The van der Waals surface area contributed by atoms with Gasteiger partial charge < -0.3 is 10.3 Å². The Bertz CT molecular complexity index is 740. The first kappa shape index (κ1) is 13.2. The molecular weight excluding hydrogens is 244 g/mol. The molecule has 3 aromatic rings. The van der Waals surface area contributed by atoms with Gasteiger partial charge in [-0.2, -0.15) is 0 Å². The van der Waals surface area contributed by atoms with Crippen LogP contribution in [-0.4, -0.2) is 4.57 Å². The number of nitrogens with zero attached hydrogens (tertiary/aromatic N) is 1. The van der Waals surface area contributed by atoms with Crippen molar-refractivity contribution in [2.24, 2.45) is 5.73 Å². The Morgan fingerprint density at radius 3 is 2.50 bits per heavy atom. The van der Waals surface area contributed by atoms with Crippen molar-refractivity contribution in [2.75, 3.05) is 0 Å². The lowest BCUT2D eigenvalue weighted by atomic mass is 10.0. The summed E-state index contributed by atoms with van der Waals surface area (Å²) < 4.78 is 2.37. The van der Waals surface area contributed by atoms with Gasteiger partial charge in [-0.05, 0) is 37.1 Å². The van der Waals surface area contributed by atoms with Gasteiger partial charge >= 0.3 is 0 Å². The Morgan fingerprint density at radius 1 is 1.00 bits per heavy atom. The first-order valence-corrected chi connectivity index (χ1v) is 7.52. The molecule has 2 aromatic carbocycles. The van der Waals surface area contributed by atoms with Crippen molar-refractivity contribution in [1.29, 1.82) is 0 Å². The lowest BCUT2D eigenvalue weighted by Gasteiger charge is -2.11. The molecule has 0 fully saturated rings. The second kappa shape index (κ2) is 5.29. The summed E-state index contributed by atoms with van der Waals surface area (Å²) in [7, 11) is 0. The smallest absolute Gasteiger partial charge is 0.0491 e. The lowest BCUT2D eigenvalue weighted by Crippen LogP contribution is -2.09. The van der Waals surface area contributed by atoms with E-state index < -0.39 is 0 Å². The molecule has 1 heterocycles. The summed E-state index contributed by atoms with van der Waals surface area (Å²) in [5.41, 5.74) is 10.1. The van der Waals surface area contributed by atoms with E-state index in [9.17, 15) is 0 Å². The lowest BCUT2D eigenvalue weighted by molar-refractivity contribution is 0.639. The number of hydrogen-bond acceptors (Lipinski definition) is 1. The number of aryl methyl sites for hydroxylation is 1. The molecule has 0 bridgehead atoms. The molecule has 3 rings (SSSR count). The molecule has 0 spiro atoms. The molecule has 0 aliphatic carbocycles. The van der Waals surface area contributed by atoms with E-state index in [1.807, 2.05) is 0 Å². The zero-order valence-corrected chi connectivity index (χ0v) is 12.3. The monoisotopic (exact) mass is 266 g/mol. The maximum absolute atomic E-state index is 6.27. The number of nitrogens with two attached hydrogens (primary N) is 1. The molecule has 0 aliphatic heterocycles. The van der Waals surface area contributed by atoms with Gasteiger partial charge in [0.1, 0.15) is 0 Å². The topological polar surface area (TPSA) is 30.9 Å². The summed E-state index contributed by atoms with van der Waals surface area (Å²) in [5, 5.41) is 2.65. The number of para-hydroxylation sites is 1. The summed E-state index contributed by atoms with van der Waals surface area (Å²) in [6.07, 6.45) is 2.16. The second-order valence-corrected chi connectivity index (χ2v) is 5.43. The maximum Gasteiger partial charge on any atom is 0.0491 e. The summed E-state index contributed by atoms with van der Waals surface area (Å²) in [5.74, 6) is 0. The van der Waals surface area contributed by atoms with E-state index in [2.05, 4.69) is 60.9 Å². The van der Waals surface area contributed by atoms with Crippen LogP contribution in [0.1, 0.15) is 38.3 Å². The normalized spacial score (nSPS) is 13.2. The van der Waals surface area contributed by atoms with E-state index in [1.54, 1.807) is 0 Å². The van der Waals surface area contributed by atoms with Gasteiger partial charge in [0.25, 0.3) is 0 Å². The van der Waals surface area contributed by atoms with E-state index in [1.165, 1.54) is 27.4 Å². The number of rotatable bonds is 4. The highest BCUT2D eigenvalue weighted by molar-refractivity contribution is 6.08. The molecule has 0 saturated heterocycles. The van der Waals surface area contributed by atoms with Crippen LogP contribution in [0.15, 0.2) is 42.5 Å². The quantitative estimate of drug-likeness (QED) is 0.734. The summed E-state index contributed by atoms with van der Waals surface area (Å²) in [6.45, 7) is 5.37. The summed E-state index contributed by atoms with van der Waals surface area (Å²) in [4.78, 5) is 0. The van der Waals surface area contributed by atoms with Gasteiger partial charge in [0.15, 0.2) is 0 Å². The molecule has 2 heteroatoms. The molecule has 0 amide bonds. The Kier molecular flexibility index (Phi) is 3.49. The first-order valence-electron chi connectivity index (χ1n) is 7.52. The third-order valence-electron chi connectivity index (χ3n) is 4.14. The molecule has 0 radical (unpaired) electrons. The Hall–Kier alpha value is -1.80. The van der Waals surface area contributed by atoms with E-state index in [4.69, 9.17) is 5.73 Å². The van der Waals surface area contributed by atoms with E-state index in [0.717, 1.165) is 19.4 Å². The van der Waals surface area contributed by atoms with Gasteiger partial charge in [0, 0.05) is 34.4 Å². The van der Waals surface area contributed by atoms with Crippen LogP contribution in [0.4, 0.5) is 0 Å². The summed E-state index contributed by atoms with van der Waals surface area (Å²) in [6, 6.07) is 15.5. The molecule has 20 heavy (non-hydrogen) atoms. The van der Waals surface area contributed by atoms with Crippen molar-refractivity contribution in [3.05, 3.63) is 48.0 Å². The fourth-order valence-electron chi connectivity index (χ4n) is 3.12. The van der Waals surface area contributed by atoms with Gasteiger partial charge in [0.2, 0.25) is 0 Å². The standard InChI is InChI=1S/C18H22N2/c1-3-7-16(19)13-10-11-18-15(12-13)14-8-5-6-9-17(14)20(18)4-2/h5-6,8-12,16H,3-4,7,19H2,1-2H3/t16-/m1/s1. The van der Waals surface area contributed by atoms with Crippen LogP contribution >= 0.6 is 0 Å². The van der Waals surface area contributed by atoms with Crippen molar-refractivity contribution >= 4 is 21.8 Å². The highest BCUT2D eigenvalue weighted by atomic mass is 15.0. The van der Waals surface area contributed by atoms with Crippen LogP contribution in [0, 0.1) is 0 Å². The molecular formula is C18H22N2. The van der Waals surface area contributed by atoms with E-state index in [-0.39, 0.29) is 6.04 Å². The molecule has 104 valence electrons. The minimum Gasteiger partial charge on any atom is -0.341 e. The third-order valence-corrected chi connectivity index (χ3v) is 4.14. The Morgan fingerprint density at radius 2 is 1.75 bits per heavy atom. The minimum absolute atomic E-state index is 0.146. The van der Waals surface area contributed by atoms with E-state index >= 15 is 0 Å². The van der Waals surface area contributed by atoms with Crippen molar-refractivity contribution in [3.8, 4) is 0 Å². The van der Waals surface area contributed by atoms with Crippen molar-refractivity contribution < 1.29 is 0 Å². The zero-order chi connectivity index (χ0) is 14.1. The molecule has 1 atom stereocenters. The van der Waals surface area contributed by atoms with Crippen LogP contribution in [0.3, 0.4) is 0 Å². The highest BCUT2D eigenvalue weighted by Crippen LogP contribution is 2.31. The van der Waals surface area contributed by atoms with Crippen LogP contribution in [0.25, 0.3) is 21.8 Å². The third kappa shape index (κ3) is 2.01. The molecule has 2 nitrogen and oxygen atoms in total. The molecule has 0 unspecified atom stereocenters. The predicted octanol–water partition coefficient (Wildman–Crippen LogP) is 4.61. The number of aromatic nitrogens is 1. The fourth-order valence-corrected chi connectivity index (χ4v) is 3.12. The van der Waals surface area contributed by atoms with Crippen molar-refractivity contribution in [3.63, 3.8) is 0 Å². The van der Waals surface area contributed by atoms with Gasteiger partial charge in [-0.3, -0.25) is 0 Å².